The molecule has 1 heterocycles. The van der Waals surface area contributed by atoms with Crippen molar-refractivity contribution in [2.45, 2.75) is 6.36 Å². The third-order valence-corrected chi connectivity index (χ3v) is 2.93. The van der Waals surface area contributed by atoms with Crippen LogP contribution in [-0.4, -0.2) is 11.3 Å². The van der Waals surface area contributed by atoms with Gasteiger partial charge in [0.2, 0.25) is 0 Å². The van der Waals surface area contributed by atoms with Crippen LogP contribution in [0, 0.1) is 0 Å². The number of fused-ring (bicyclic) bond motifs is 1. The molecule has 0 unspecified atom stereocenters. The first-order valence-corrected chi connectivity index (χ1v) is 5.53. The molecule has 1 aromatic carbocycles. The number of nitrogens with zero attached hydrogens (tertiary/aromatic N) is 1. The van der Waals surface area contributed by atoms with Crippen LogP contribution in [0.4, 0.5) is 13.2 Å². The van der Waals surface area contributed by atoms with Gasteiger partial charge in [-0.1, -0.05) is 11.6 Å². The quantitative estimate of drug-likeness (QED) is 0.717. The molecular weight excluding hydrogens is 322 g/mol. The van der Waals surface area contributed by atoms with Gasteiger partial charge in [0.05, 0.1) is 0 Å². The molecule has 0 spiro atoms. The number of pyridine rings is 1. The van der Waals surface area contributed by atoms with E-state index in [9.17, 15) is 13.2 Å². The Kier molecular flexibility index (Phi) is 3.18. The summed E-state index contributed by atoms with van der Waals surface area (Å²) in [7, 11) is 0. The van der Waals surface area contributed by atoms with E-state index in [1.165, 1.54) is 24.4 Å². The summed E-state index contributed by atoms with van der Waals surface area (Å²) >= 11 is 9.01. The predicted octanol–water partition coefficient (Wildman–Crippen LogP) is 4.55. The van der Waals surface area contributed by atoms with E-state index in [0.717, 1.165) is 0 Å². The molecule has 0 aliphatic rings. The number of hydrogen-bond acceptors (Lipinski definition) is 2. The summed E-state index contributed by atoms with van der Waals surface area (Å²) in [6, 6.07) is 3.87. The lowest BCUT2D eigenvalue weighted by Gasteiger charge is -2.10. The Morgan fingerprint density at radius 1 is 1.24 bits per heavy atom. The first kappa shape index (κ1) is 12.4. The highest BCUT2D eigenvalue weighted by Crippen LogP contribution is 2.32. The van der Waals surface area contributed by atoms with Gasteiger partial charge in [0.1, 0.15) is 10.9 Å². The average molecular weight is 326 g/mol. The molecule has 0 fully saturated rings. The summed E-state index contributed by atoms with van der Waals surface area (Å²) in [6.07, 6.45) is -3.29. The minimum Gasteiger partial charge on any atom is -0.406 e. The van der Waals surface area contributed by atoms with Crippen LogP contribution in [0.2, 0.25) is 5.15 Å². The van der Waals surface area contributed by atoms with Crippen molar-refractivity contribution in [2.24, 2.45) is 0 Å². The van der Waals surface area contributed by atoms with Crippen LogP contribution in [-0.2, 0) is 0 Å². The van der Waals surface area contributed by atoms with E-state index >= 15 is 0 Å². The zero-order valence-electron chi connectivity index (χ0n) is 8.05. The van der Waals surface area contributed by atoms with Crippen molar-refractivity contribution < 1.29 is 17.9 Å². The Morgan fingerprint density at radius 3 is 2.59 bits per heavy atom. The number of alkyl halides is 3. The highest BCUT2D eigenvalue weighted by Gasteiger charge is 2.31. The molecule has 0 radical (unpaired) electrons. The molecule has 0 aliphatic carbocycles. The molecule has 90 valence electrons. The first-order chi connectivity index (χ1) is 7.87. The van der Waals surface area contributed by atoms with E-state index in [1.807, 2.05) is 0 Å². The van der Waals surface area contributed by atoms with E-state index in [-0.39, 0.29) is 10.9 Å². The Hall–Kier alpha value is -1.01. The van der Waals surface area contributed by atoms with Crippen molar-refractivity contribution in [3.05, 3.63) is 34.0 Å². The minimum absolute atomic E-state index is 0.224. The van der Waals surface area contributed by atoms with Crippen LogP contribution in [0.3, 0.4) is 0 Å². The second kappa shape index (κ2) is 4.34. The fourth-order valence-corrected chi connectivity index (χ4v) is 1.99. The molecule has 2 nitrogen and oxygen atoms in total. The van der Waals surface area contributed by atoms with Gasteiger partial charge in [-0.2, -0.15) is 0 Å². The lowest BCUT2D eigenvalue weighted by Crippen LogP contribution is -2.17. The van der Waals surface area contributed by atoms with Crippen LogP contribution >= 0.6 is 27.5 Å². The van der Waals surface area contributed by atoms with Gasteiger partial charge >= 0.3 is 6.36 Å². The van der Waals surface area contributed by atoms with Crippen molar-refractivity contribution >= 4 is 38.3 Å². The van der Waals surface area contributed by atoms with Crippen LogP contribution in [0.5, 0.6) is 5.75 Å². The molecule has 0 amide bonds. The van der Waals surface area contributed by atoms with E-state index in [1.54, 1.807) is 0 Å². The summed E-state index contributed by atoms with van der Waals surface area (Å²) in [5.74, 6) is -0.298. The smallest absolute Gasteiger partial charge is 0.406 e. The normalized spacial score (nSPS) is 11.8. The SMILES string of the molecule is FC(F)(F)Oc1ccc2c(Cl)ncc(Br)c2c1. The predicted molar refractivity (Wildman–Crippen MR) is 61.1 cm³/mol. The second-order valence-corrected chi connectivity index (χ2v) is 4.36. The molecule has 0 aliphatic heterocycles. The number of benzene rings is 1. The highest BCUT2D eigenvalue weighted by molar-refractivity contribution is 9.10. The number of hydrogen-bond donors (Lipinski definition) is 0. The van der Waals surface area contributed by atoms with Gasteiger partial charge in [0, 0.05) is 21.4 Å². The van der Waals surface area contributed by atoms with E-state index in [4.69, 9.17) is 11.6 Å². The number of rotatable bonds is 1. The standard InChI is InChI=1S/C10H4BrClF3NO/c11-8-4-16-9(12)6-2-1-5(3-7(6)8)17-10(13,14)15/h1-4H. The maximum Gasteiger partial charge on any atom is 0.573 e. The fourth-order valence-electron chi connectivity index (χ4n) is 1.35. The van der Waals surface area contributed by atoms with Gasteiger partial charge < -0.3 is 4.74 Å². The van der Waals surface area contributed by atoms with Gasteiger partial charge in [0.15, 0.2) is 0 Å². The van der Waals surface area contributed by atoms with Crippen LogP contribution < -0.4 is 4.74 Å². The molecule has 0 bridgehead atoms. The number of ether oxygens (including phenoxy) is 1. The van der Waals surface area contributed by atoms with Crippen LogP contribution in [0.1, 0.15) is 0 Å². The van der Waals surface area contributed by atoms with E-state index in [0.29, 0.717) is 15.2 Å². The monoisotopic (exact) mass is 325 g/mol. The summed E-state index contributed by atoms with van der Waals surface area (Å²) in [5.41, 5.74) is 0. The zero-order chi connectivity index (χ0) is 12.6. The lowest BCUT2D eigenvalue weighted by molar-refractivity contribution is -0.274. The van der Waals surface area contributed by atoms with Gasteiger partial charge in [-0.15, -0.1) is 13.2 Å². The molecule has 0 saturated heterocycles. The highest BCUT2D eigenvalue weighted by atomic mass is 79.9. The lowest BCUT2D eigenvalue weighted by atomic mass is 10.2. The van der Waals surface area contributed by atoms with Gasteiger partial charge in [-0.05, 0) is 34.1 Å². The number of halogens is 5. The van der Waals surface area contributed by atoms with Crippen molar-refractivity contribution in [2.75, 3.05) is 0 Å². The Morgan fingerprint density at radius 2 is 1.94 bits per heavy atom. The fraction of sp³-hybridized carbons (Fsp3) is 0.100. The molecule has 0 N–H and O–H groups in total. The van der Waals surface area contributed by atoms with E-state index < -0.39 is 6.36 Å². The average Bonchev–Trinajstić information content (AvgIpc) is 2.21. The van der Waals surface area contributed by atoms with Crippen LogP contribution in [0.25, 0.3) is 10.8 Å². The van der Waals surface area contributed by atoms with Crippen molar-refractivity contribution in [1.29, 1.82) is 0 Å². The maximum atomic E-state index is 12.0. The second-order valence-electron chi connectivity index (χ2n) is 3.15. The van der Waals surface area contributed by atoms with Gasteiger partial charge in [-0.3, -0.25) is 0 Å². The molecule has 17 heavy (non-hydrogen) atoms. The van der Waals surface area contributed by atoms with Crippen LogP contribution in [0.15, 0.2) is 28.9 Å². The Balaban J connectivity index is 2.54. The summed E-state index contributed by atoms with van der Waals surface area (Å²) < 4.78 is 40.5. The molecule has 1 aromatic heterocycles. The molecule has 2 aromatic rings. The largest absolute Gasteiger partial charge is 0.573 e. The molecule has 2 rings (SSSR count). The molecule has 0 saturated carbocycles. The molecular formula is C10H4BrClF3NO. The minimum atomic E-state index is -4.71. The third kappa shape index (κ3) is 2.81. The van der Waals surface area contributed by atoms with Gasteiger partial charge in [-0.25, -0.2) is 4.98 Å². The first-order valence-electron chi connectivity index (χ1n) is 4.36. The topological polar surface area (TPSA) is 22.1 Å². The summed E-state index contributed by atoms with van der Waals surface area (Å²) in [4.78, 5) is 3.87. The maximum absolute atomic E-state index is 12.0. The summed E-state index contributed by atoms with van der Waals surface area (Å²) in [5, 5.41) is 1.28. The zero-order valence-corrected chi connectivity index (χ0v) is 10.4. The summed E-state index contributed by atoms with van der Waals surface area (Å²) in [6.45, 7) is 0. The third-order valence-electron chi connectivity index (χ3n) is 2.00. The molecule has 7 heteroatoms. The Bertz CT molecular complexity index is 573. The van der Waals surface area contributed by atoms with Crippen molar-refractivity contribution in [3.63, 3.8) is 0 Å². The van der Waals surface area contributed by atoms with Crippen molar-refractivity contribution in [3.8, 4) is 5.75 Å². The number of aromatic nitrogens is 1. The Labute approximate surface area is 107 Å². The molecule has 0 atom stereocenters. The van der Waals surface area contributed by atoms with Crippen molar-refractivity contribution in [1.82, 2.24) is 4.98 Å². The van der Waals surface area contributed by atoms with E-state index in [2.05, 4.69) is 25.7 Å². The van der Waals surface area contributed by atoms with Gasteiger partial charge in [0.25, 0.3) is 0 Å².